The minimum Gasteiger partial charge on any atom is -0.274 e. The number of carbonyl (C=O) groups is 6. The number of hydrogen-bond acceptors (Lipinski definition) is 8. The summed E-state index contributed by atoms with van der Waals surface area (Å²) in [7, 11) is 2.67. The molecule has 8 nitrogen and oxygen atoms in total. The molecule has 0 bridgehead atoms. The molecule has 2 rings (SSSR count). The van der Waals surface area contributed by atoms with Gasteiger partial charge < -0.3 is 0 Å². The first kappa shape index (κ1) is 18.7. The fourth-order valence-corrected chi connectivity index (χ4v) is 4.27. The van der Waals surface area contributed by atoms with Crippen LogP contribution in [-0.4, -0.2) is 56.7 Å². The van der Waals surface area contributed by atoms with Crippen molar-refractivity contribution < 1.29 is 28.8 Å². The number of nitrogens with zero attached hydrogens (tertiary/aromatic N) is 2. The van der Waals surface area contributed by atoms with Crippen LogP contribution in [0.3, 0.4) is 0 Å². The normalized spacial score (nSPS) is 18.0. The van der Waals surface area contributed by atoms with Crippen molar-refractivity contribution in [3.63, 3.8) is 0 Å². The van der Waals surface area contributed by atoms with Gasteiger partial charge in [-0.25, -0.2) is 9.80 Å². The Labute approximate surface area is 146 Å². The van der Waals surface area contributed by atoms with Gasteiger partial charge in [0.15, 0.2) is 0 Å². The van der Waals surface area contributed by atoms with Crippen molar-refractivity contribution in [2.75, 3.05) is 11.5 Å². The summed E-state index contributed by atoms with van der Waals surface area (Å²) in [5.41, 5.74) is 0. The molecule has 2 aliphatic heterocycles. The van der Waals surface area contributed by atoms with Gasteiger partial charge in [-0.05, 0) is 0 Å². The Morgan fingerprint density at radius 1 is 0.667 bits per heavy atom. The highest BCUT2D eigenvalue weighted by atomic mass is 33.1. The van der Waals surface area contributed by atoms with Crippen LogP contribution in [-0.2, 0) is 28.8 Å². The van der Waals surface area contributed by atoms with Crippen LogP contribution in [0.1, 0.15) is 38.5 Å². The zero-order valence-electron chi connectivity index (χ0n) is 12.8. The minimum absolute atomic E-state index is 0.0617. The largest absolute Gasteiger partial charge is 0.274 e. The molecule has 2 saturated heterocycles. The van der Waals surface area contributed by atoms with E-state index in [9.17, 15) is 28.8 Å². The molecule has 0 saturated carbocycles. The fraction of sp³-hybridized carbons (Fsp3) is 0.571. The number of carbonyl (C=O) groups excluding carboxylic acids is 6. The van der Waals surface area contributed by atoms with E-state index in [0.717, 1.165) is 0 Å². The van der Waals surface area contributed by atoms with Crippen LogP contribution in [0.25, 0.3) is 0 Å². The van der Waals surface area contributed by atoms with E-state index in [0.29, 0.717) is 21.3 Å². The molecule has 0 N–H and O–H groups in total. The van der Waals surface area contributed by atoms with E-state index >= 15 is 0 Å². The molecule has 2 aliphatic rings. The Morgan fingerprint density at radius 3 is 1.25 bits per heavy atom. The number of likely N-dealkylation sites (tertiary alicyclic amines) is 2. The zero-order valence-corrected chi connectivity index (χ0v) is 14.5. The standard InChI is InChI=1S/C14H16N2O6S2/c17-9-1-2-10(18)15(9)13(21)5-7-23-24-8-6-14(22)16-11(19)3-4-12(16)20/h1-8H2. The molecular weight excluding hydrogens is 356 g/mol. The Kier molecular flexibility index (Phi) is 6.55. The predicted octanol–water partition coefficient (Wildman–Crippen LogP) is 0.499. The fourth-order valence-electron chi connectivity index (χ4n) is 2.31. The van der Waals surface area contributed by atoms with E-state index in [1.165, 1.54) is 21.6 Å². The summed E-state index contributed by atoms with van der Waals surface area (Å²) in [4.78, 5) is 70.5. The van der Waals surface area contributed by atoms with Crippen LogP contribution >= 0.6 is 21.6 Å². The Bertz CT molecular complexity index is 522. The maximum absolute atomic E-state index is 11.8. The van der Waals surface area contributed by atoms with Crippen LogP contribution < -0.4 is 0 Å². The van der Waals surface area contributed by atoms with Gasteiger partial charge in [0.25, 0.3) is 0 Å². The highest BCUT2D eigenvalue weighted by molar-refractivity contribution is 8.76. The van der Waals surface area contributed by atoms with Gasteiger partial charge in [-0.3, -0.25) is 28.8 Å². The molecule has 0 atom stereocenters. The van der Waals surface area contributed by atoms with Gasteiger partial charge in [-0.2, -0.15) is 0 Å². The number of imide groups is 6. The van der Waals surface area contributed by atoms with Crippen molar-refractivity contribution in [3.8, 4) is 0 Å². The number of amides is 6. The Morgan fingerprint density at radius 2 is 0.958 bits per heavy atom. The molecule has 0 spiro atoms. The molecule has 0 aromatic heterocycles. The highest BCUT2D eigenvalue weighted by Gasteiger charge is 2.34. The molecule has 2 heterocycles. The van der Waals surface area contributed by atoms with Gasteiger partial charge in [0.1, 0.15) is 0 Å². The van der Waals surface area contributed by atoms with Crippen LogP contribution in [0.4, 0.5) is 0 Å². The second-order valence-corrected chi connectivity index (χ2v) is 7.88. The second-order valence-electron chi connectivity index (χ2n) is 5.18. The molecular formula is C14H16N2O6S2. The monoisotopic (exact) mass is 372 g/mol. The first-order chi connectivity index (χ1) is 11.4. The van der Waals surface area contributed by atoms with Crippen LogP contribution in [0.5, 0.6) is 0 Å². The molecule has 0 aromatic carbocycles. The molecule has 0 radical (unpaired) electrons. The zero-order chi connectivity index (χ0) is 17.7. The summed E-state index contributed by atoms with van der Waals surface area (Å²) >= 11 is 0. The lowest BCUT2D eigenvalue weighted by Crippen LogP contribution is -2.35. The molecule has 0 aromatic rings. The smallest absolute Gasteiger partial charge is 0.236 e. The van der Waals surface area contributed by atoms with Crippen LogP contribution in [0.2, 0.25) is 0 Å². The SMILES string of the molecule is O=C(CCSSCCC(=O)N1C(=O)CCC1=O)N1C(=O)CCC1=O. The van der Waals surface area contributed by atoms with E-state index in [4.69, 9.17) is 0 Å². The van der Waals surface area contributed by atoms with Crippen molar-refractivity contribution in [2.45, 2.75) is 38.5 Å². The van der Waals surface area contributed by atoms with Crippen LogP contribution in [0.15, 0.2) is 0 Å². The maximum atomic E-state index is 11.8. The predicted molar refractivity (Wildman–Crippen MR) is 86.3 cm³/mol. The van der Waals surface area contributed by atoms with Crippen molar-refractivity contribution in [1.82, 2.24) is 9.80 Å². The third-order valence-corrected chi connectivity index (χ3v) is 5.89. The minimum atomic E-state index is -0.500. The molecule has 24 heavy (non-hydrogen) atoms. The van der Waals surface area contributed by atoms with Crippen molar-refractivity contribution in [3.05, 3.63) is 0 Å². The first-order valence-electron chi connectivity index (χ1n) is 7.43. The van der Waals surface area contributed by atoms with E-state index in [2.05, 4.69) is 0 Å². The summed E-state index contributed by atoms with van der Waals surface area (Å²) < 4.78 is 0. The highest BCUT2D eigenvalue weighted by Crippen LogP contribution is 2.24. The second kappa shape index (κ2) is 8.43. The lowest BCUT2D eigenvalue weighted by Gasteiger charge is -2.12. The summed E-state index contributed by atoms with van der Waals surface area (Å²) in [6, 6.07) is 0. The van der Waals surface area contributed by atoms with Gasteiger partial charge in [0.05, 0.1) is 0 Å². The molecule has 130 valence electrons. The Hall–Kier alpha value is -1.68. The summed E-state index contributed by atoms with van der Waals surface area (Å²) in [5, 5.41) is 0. The molecule has 10 heteroatoms. The van der Waals surface area contributed by atoms with Gasteiger partial charge in [-0.15, -0.1) is 0 Å². The molecule has 0 aliphatic carbocycles. The van der Waals surface area contributed by atoms with Gasteiger partial charge >= 0.3 is 0 Å². The Balaban J connectivity index is 1.60. The van der Waals surface area contributed by atoms with Crippen LogP contribution in [0, 0.1) is 0 Å². The molecule has 0 unspecified atom stereocenters. The average molecular weight is 372 g/mol. The van der Waals surface area contributed by atoms with Gasteiger partial charge in [0.2, 0.25) is 35.4 Å². The summed E-state index contributed by atoms with van der Waals surface area (Å²) in [5.74, 6) is -2.00. The van der Waals surface area contributed by atoms with Crippen molar-refractivity contribution in [1.29, 1.82) is 0 Å². The summed E-state index contributed by atoms with van der Waals surface area (Å²) in [6.07, 6.45) is 0.467. The van der Waals surface area contributed by atoms with E-state index < -0.39 is 35.4 Å². The lowest BCUT2D eigenvalue weighted by molar-refractivity contribution is -0.151. The average Bonchev–Trinajstić information content (AvgIpc) is 3.04. The van der Waals surface area contributed by atoms with E-state index in [-0.39, 0.29) is 38.5 Å². The third kappa shape index (κ3) is 4.44. The number of rotatable bonds is 7. The molecule has 2 fully saturated rings. The van der Waals surface area contributed by atoms with Gasteiger partial charge in [-0.1, -0.05) is 21.6 Å². The molecule has 6 amide bonds. The first-order valence-corrected chi connectivity index (χ1v) is 9.92. The number of hydrogen-bond donors (Lipinski definition) is 0. The third-order valence-electron chi connectivity index (χ3n) is 3.48. The van der Waals surface area contributed by atoms with Crippen molar-refractivity contribution in [2.24, 2.45) is 0 Å². The quantitative estimate of drug-likeness (QED) is 0.361. The maximum Gasteiger partial charge on any atom is 0.236 e. The van der Waals surface area contributed by atoms with E-state index in [1.54, 1.807) is 0 Å². The van der Waals surface area contributed by atoms with E-state index in [1.807, 2.05) is 0 Å². The van der Waals surface area contributed by atoms with Crippen molar-refractivity contribution >= 4 is 57.0 Å². The lowest BCUT2D eigenvalue weighted by atomic mass is 10.4. The topological polar surface area (TPSA) is 109 Å². The van der Waals surface area contributed by atoms with Gasteiger partial charge in [0, 0.05) is 50.0 Å². The summed E-state index contributed by atoms with van der Waals surface area (Å²) in [6.45, 7) is 0.